The fourth-order valence-corrected chi connectivity index (χ4v) is 2.64. The van der Waals surface area contributed by atoms with Gasteiger partial charge in [0.2, 0.25) is 5.91 Å². The van der Waals surface area contributed by atoms with Gasteiger partial charge in [-0.15, -0.1) is 0 Å². The van der Waals surface area contributed by atoms with E-state index in [1.165, 1.54) is 0 Å². The van der Waals surface area contributed by atoms with Gasteiger partial charge >= 0.3 is 5.97 Å². The molecule has 0 aromatic heterocycles. The summed E-state index contributed by atoms with van der Waals surface area (Å²) in [5, 5.41) is 18.5. The van der Waals surface area contributed by atoms with Crippen LogP contribution in [0.2, 0.25) is 0 Å². The molecule has 0 aromatic rings. The Kier molecular flexibility index (Phi) is 5.35. The first-order valence-corrected chi connectivity index (χ1v) is 7.00. The maximum Gasteiger partial charge on any atom is 0.310 e. The molecule has 19 heavy (non-hydrogen) atoms. The van der Waals surface area contributed by atoms with Crippen molar-refractivity contribution >= 4 is 11.9 Å². The molecule has 5 heteroatoms. The van der Waals surface area contributed by atoms with Crippen LogP contribution in [0.15, 0.2) is 0 Å². The van der Waals surface area contributed by atoms with E-state index in [4.69, 9.17) is 0 Å². The van der Waals surface area contributed by atoms with E-state index in [9.17, 15) is 19.8 Å². The number of carbonyl (C=O) groups excluding carboxylic acids is 1. The Labute approximate surface area is 114 Å². The van der Waals surface area contributed by atoms with E-state index in [-0.39, 0.29) is 18.4 Å². The van der Waals surface area contributed by atoms with E-state index in [0.29, 0.717) is 25.3 Å². The van der Waals surface area contributed by atoms with Crippen molar-refractivity contribution in [3.63, 3.8) is 0 Å². The first-order chi connectivity index (χ1) is 8.84. The molecule has 1 saturated carbocycles. The van der Waals surface area contributed by atoms with Crippen molar-refractivity contribution in [1.82, 2.24) is 4.90 Å². The Hall–Kier alpha value is -1.10. The van der Waals surface area contributed by atoms with Crippen LogP contribution < -0.4 is 0 Å². The number of amides is 1. The molecule has 2 N–H and O–H groups in total. The van der Waals surface area contributed by atoms with Crippen LogP contribution >= 0.6 is 0 Å². The SMILES string of the molecule is CCC(CC)(CC(=O)N(C)CC1CC(O)C1)C(=O)O. The highest BCUT2D eigenvalue weighted by atomic mass is 16.4. The lowest BCUT2D eigenvalue weighted by molar-refractivity contribution is -0.154. The minimum Gasteiger partial charge on any atom is -0.481 e. The number of carboxylic acid groups (broad SMARTS) is 1. The van der Waals surface area contributed by atoms with E-state index >= 15 is 0 Å². The van der Waals surface area contributed by atoms with Gasteiger partial charge in [-0.3, -0.25) is 9.59 Å². The number of hydrogen-bond donors (Lipinski definition) is 2. The van der Waals surface area contributed by atoms with Crippen molar-refractivity contribution in [2.45, 2.75) is 52.1 Å². The molecule has 0 heterocycles. The molecule has 0 radical (unpaired) electrons. The largest absolute Gasteiger partial charge is 0.481 e. The van der Waals surface area contributed by atoms with Gasteiger partial charge in [0.15, 0.2) is 0 Å². The lowest BCUT2D eigenvalue weighted by Gasteiger charge is -2.35. The summed E-state index contributed by atoms with van der Waals surface area (Å²) >= 11 is 0. The van der Waals surface area contributed by atoms with Crippen molar-refractivity contribution in [3.8, 4) is 0 Å². The molecule has 0 atom stereocenters. The minimum absolute atomic E-state index is 0.0567. The molecule has 1 fully saturated rings. The van der Waals surface area contributed by atoms with Crippen LogP contribution in [0.4, 0.5) is 0 Å². The Bertz CT molecular complexity index is 332. The molecule has 1 aliphatic rings. The van der Waals surface area contributed by atoms with E-state index in [1.807, 2.05) is 13.8 Å². The summed E-state index contributed by atoms with van der Waals surface area (Å²) in [6.07, 6.45) is 2.23. The van der Waals surface area contributed by atoms with Gasteiger partial charge in [0, 0.05) is 20.0 Å². The monoisotopic (exact) mass is 271 g/mol. The number of carboxylic acids is 1. The first-order valence-electron chi connectivity index (χ1n) is 7.00. The van der Waals surface area contributed by atoms with E-state index < -0.39 is 11.4 Å². The number of rotatable bonds is 7. The van der Waals surface area contributed by atoms with Crippen LogP contribution in [-0.4, -0.2) is 46.7 Å². The van der Waals surface area contributed by atoms with Crippen LogP contribution in [0.5, 0.6) is 0 Å². The third-order valence-corrected chi connectivity index (χ3v) is 4.47. The minimum atomic E-state index is -0.940. The molecule has 110 valence electrons. The highest BCUT2D eigenvalue weighted by Crippen LogP contribution is 2.32. The Morgan fingerprint density at radius 2 is 1.79 bits per heavy atom. The van der Waals surface area contributed by atoms with Gasteiger partial charge in [-0.25, -0.2) is 0 Å². The fraction of sp³-hybridized carbons (Fsp3) is 0.857. The van der Waals surface area contributed by atoms with Crippen molar-refractivity contribution in [2.24, 2.45) is 11.3 Å². The van der Waals surface area contributed by atoms with Crippen molar-refractivity contribution in [1.29, 1.82) is 0 Å². The Balaban J connectivity index is 2.54. The molecule has 0 bridgehead atoms. The average molecular weight is 271 g/mol. The molecular formula is C14H25NO4. The summed E-state index contributed by atoms with van der Waals surface area (Å²) in [5.74, 6) is -0.655. The number of hydrogen-bond acceptors (Lipinski definition) is 3. The second kappa shape index (κ2) is 6.37. The normalized spacial score (nSPS) is 22.7. The zero-order valence-corrected chi connectivity index (χ0v) is 12.1. The number of aliphatic hydroxyl groups excluding tert-OH is 1. The highest BCUT2D eigenvalue weighted by molar-refractivity contribution is 5.84. The lowest BCUT2D eigenvalue weighted by Crippen LogP contribution is -2.42. The van der Waals surface area contributed by atoms with E-state index in [1.54, 1.807) is 11.9 Å². The molecule has 0 spiro atoms. The maximum atomic E-state index is 12.1. The van der Waals surface area contributed by atoms with Gasteiger partial charge in [-0.05, 0) is 31.6 Å². The van der Waals surface area contributed by atoms with Gasteiger partial charge in [-0.1, -0.05) is 13.8 Å². The number of aliphatic hydroxyl groups is 1. The smallest absolute Gasteiger partial charge is 0.310 e. The topological polar surface area (TPSA) is 77.8 Å². The summed E-state index contributed by atoms with van der Waals surface area (Å²) < 4.78 is 0. The number of nitrogens with zero attached hydrogens (tertiary/aromatic N) is 1. The molecular weight excluding hydrogens is 246 g/mol. The standard InChI is InChI=1S/C14H25NO4/c1-4-14(5-2,13(18)19)8-12(17)15(3)9-10-6-11(16)7-10/h10-11,16H,4-9H2,1-3H3,(H,18,19). The van der Waals surface area contributed by atoms with Gasteiger partial charge in [0.25, 0.3) is 0 Å². The van der Waals surface area contributed by atoms with E-state index in [0.717, 1.165) is 12.8 Å². The second-order valence-corrected chi connectivity index (χ2v) is 5.73. The van der Waals surface area contributed by atoms with E-state index in [2.05, 4.69) is 0 Å². The molecule has 1 aliphatic carbocycles. The zero-order valence-electron chi connectivity index (χ0n) is 12.1. The van der Waals surface area contributed by atoms with Crippen molar-refractivity contribution < 1.29 is 19.8 Å². The van der Waals surface area contributed by atoms with Crippen LogP contribution in [0, 0.1) is 11.3 Å². The molecule has 0 aromatic carbocycles. The molecule has 0 saturated heterocycles. The molecule has 0 aliphatic heterocycles. The molecule has 5 nitrogen and oxygen atoms in total. The molecule has 1 rings (SSSR count). The predicted molar refractivity (Wildman–Crippen MR) is 71.6 cm³/mol. The second-order valence-electron chi connectivity index (χ2n) is 5.73. The Morgan fingerprint density at radius 3 is 2.16 bits per heavy atom. The molecule has 0 unspecified atom stereocenters. The number of aliphatic carboxylic acids is 1. The summed E-state index contributed by atoms with van der Waals surface area (Å²) in [7, 11) is 1.71. The molecule has 1 amide bonds. The van der Waals surface area contributed by atoms with Crippen LogP contribution in [0.1, 0.15) is 46.0 Å². The average Bonchev–Trinajstić information content (AvgIpc) is 2.33. The Morgan fingerprint density at radius 1 is 1.26 bits per heavy atom. The third kappa shape index (κ3) is 3.69. The van der Waals surface area contributed by atoms with Gasteiger partial charge in [-0.2, -0.15) is 0 Å². The lowest BCUT2D eigenvalue weighted by atomic mass is 9.78. The van der Waals surface area contributed by atoms with Gasteiger partial charge < -0.3 is 15.1 Å². The van der Waals surface area contributed by atoms with Gasteiger partial charge in [0.05, 0.1) is 11.5 Å². The fourth-order valence-electron chi connectivity index (χ4n) is 2.64. The summed E-state index contributed by atoms with van der Waals surface area (Å²) in [6, 6.07) is 0. The summed E-state index contributed by atoms with van der Waals surface area (Å²) in [4.78, 5) is 25.1. The highest BCUT2D eigenvalue weighted by Gasteiger charge is 2.38. The van der Waals surface area contributed by atoms with Crippen molar-refractivity contribution in [3.05, 3.63) is 0 Å². The van der Waals surface area contributed by atoms with Crippen LogP contribution in [0.25, 0.3) is 0 Å². The van der Waals surface area contributed by atoms with Crippen LogP contribution in [-0.2, 0) is 9.59 Å². The quantitative estimate of drug-likeness (QED) is 0.735. The summed E-state index contributed by atoms with van der Waals surface area (Å²) in [5.41, 5.74) is -0.940. The van der Waals surface area contributed by atoms with Gasteiger partial charge in [0.1, 0.15) is 0 Å². The first kappa shape index (κ1) is 16.0. The number of carbonyl (C=O) groups is 2. The third-order valence-electron chi connectivity index (χ3n) is 4.47. The summed E-state index contributed by atoms with van der Waals surface area (Å²) in [6.45, 7) is 4.24. The van der Waals surface area contributed by atoms with Crippen LogP contribution in [0.3, 0.4) is 0 Å². The predicted octanol–water partition coefficient (Wildman–Crippen LogP) is 1.50. The van der Waals surface area contributed by atoms with Crippen molar-refractivity contribution in [2.75, 3.05) is 13.6 Å². The zero-order chi connectivity index (χ0) is 14.6. The maximum absolute atomic E-state index is 12.1.